The Kier molecular flexibility index (Phi) is 4.97. The molecular weight excluding hydrogens is 300 g/mol. The van der Waals surface area contributed by atoms with Crippen LogP contribution in [0.3, 0.4) is 0 Å². The summed E-state index contributed by atoms with van der Waals surface area (Å²) in [6.07, 6.45) is 4.27. The van der Waals surface area contributed by atoms with Gasteiger partial charge in [-0.25, -0.2) is 0 Å². The normalized spacial score (nSPS) is 14.5. The quantitative estimate of drug-likeness (QED) is 0.920. The van der Waals surface area contributed by atoms with Crippen LogP contribution in [-0.4, -0.2) is 41.6 Å². The fourth-order valence-corrected chi connectivity index (χ4v) is 3.21. The molecule has 1 saturated heterocycles. The van der Waals surface area contributed by atoms with Crippen LogP contribution in [0.1, 0.15) is 34.5 Å². The van der Waals surface area contributed by atoms with Gasteiger partial charge in [0.1, 0.15) is 11.8 Å². The molecule has 1 aliphatic rings. The van der Waals surface area contributed by atoms with Crippen LogP contribution in [0.4, 0.5) is 0 Å². The number of amides is 1. The molecule has 2 aromatic rings. The average Bonchev–Trinajstić information content (AvgIpc) is 3.24. The number of carbonyl (C=O) groups excluding carboxylic acids is 1. The molecule has 1 fully saturated rings. The number of carbonyl (C=O) groups is 1. The summed E-state index contributed by atoms with van der Waals surface area (Å²) in [6.45, 7) is 5.68. The van der Waals surface area contributed by atoms with Crippen LogP contribution in [0.15, 0.2) is 36.5 Å². The summed E-state index contributed by atoms with van der Waals surface area (Å²) in [7, 11) is 0. The van der Waals surface area contributed by atoms with E-state index in [9.17, 15) is 10.1 Å². The minimum absolute atomic E-state index is 0.195. The van der Waals surface area contributed by atoms with Crippen LogP contribution in [0, 0.1) is 18.3 Å². The van der Waals surface area contributed by atoms with E-state index in [1.165, 1.54) is 12.8 Å². The standard InChI is InChI=1S/C19H22N4O/c1-15-6-2-3-7-17(15)23-12-8-16(14-20)18(23)19(24)21-9-13-22-10-4-5-11-22/h2-3,6-8,12H,4-5,9-11,13H2,1H3,(H,21,24). The summed E-state index contributed by atoms with van der Waals surface area (Å²) in [5, 5.41) is 12.3. The first-order valence-electron chi connectivity index (χ1n) is 8.38. The van der Waals surface area contributed by atoms with Crippen molar-refractivity contribution in [3.8, 4) is 11.8 Å². The largest absolute Gasteiger partial charge is 0.349 e. The molecule has 0 bridgehead atoms. The molecule has 0 saturated carbocycles. The van der Waals surface area contributed by atoms with Gasteiger partial charge in [-0.2, -0.15) is 5.26 Å². The summed E-state index contributed by atoms with van der Waals surface area (Å²) in [4.78, 5) is 15.0. The van der Waals surface area contributed by atoms with E-state index >= 15 is 0 Å². The summed E-state index contributed by atoms with van der Waals surface area (Å²) >= 11 is 0. The number of nitrogens with one attached hydrogen (secondary N) is 1. The van der Waals surface area contributed by atoms with Crippen LogP contribution < -0.4 is 5.32 Å². The predicted molar refractivity (Wildman–Crippen MR) is 93.2 cm³/mol. The van der Waals surface area contributed by atoms with Crippen LogP contribution in [0.25, 0.3) is 5.69 Å². The second kappa shape index (κ2) is 7.33. The molecular formula is C19H22N4O. The van der Waals surface area contributed by atoms with Crippen LogP contribution in [0.2, 0.25) is 0 Å². The van der Waals surface area contributed by atoms with Crippen molar-refractivity contribution in [3.05, 3.63) is 53.3 Å². The SMILES string of the molecule is Cc1ccccc1-n1ccc(C#N)c1C(=O)NCCN1CCCC1. The number of nitriles is 1. The molecule has 1 aromatic carbocycles. The zero-order valence-electron chi connectivity index (χ0n) is 14.0. The number of aryl methyl sites for hydroxylation is 1. The zero-order valence-corrected chi connectivity index (χ0v) is 14.0. The molecule has 24 heavy (non-hydrogen) atoms. The molecule has 0 unspecified atom stereocenters. The molecule has 1 aromatic heterocycles. The maximum atomic E-state index is 12.7. The first kappa shape index (κ1) is 16.3. The van der Waals surface area contributed by atoms with Gasteiger partial charge in [0.05, 0.1) is 5.56 Å². The van der Waals surface area contributed by atoms with Crippen molar-refractivity contribution in [3.63, 3.8) is 0 Å². The Hall–Kier alpha value is -2.58. The lowest BCUT2D eigenvalue weighted by molar-refractivity contribution is 0.0942. The van der Waals surface area contributed by atoms with E-state index in [0.717, 1.165) is 30.9 Å². The lowest BCUT2D eigenvalue weighted by Gasteiger charge is -2.16. The highest BCUT2D eigenvalue weighted by molar-refractivity contribution is 5.96. The highest BCUT2D eigenvalue weighted by Crippen LogP contribution is 2.20. The molecule has 0 radical (unpaired) electrons. The maximum absolute atomic E-state index is 12.7. The molecule has 0 atom stereocenters. The minimum Gasteiger partial charge on any atom is -0.349 e. The van der Waals surface area contributed by atoms with E-state index in [-0.39, 0.29) is 5.91 Å². The molecule has 0 spiro atoms. The second-order valence-electron chi connectivity index (χ2n) is 6.15. The van der Waals surface area contributed by atoms with Gasteiger partial charge in [0.2, 0.25) is 0 Å². The molecule has 5 nitrogen and oxygen atoms in total. The molecule has 3 rings (SSSR count). The second-order valence-corrected chi connectivity index (χ2v) is 6.15. The highest BCUT2D eigenvalue weighted by atomic mass is 16.1. The van der Waals surface area contributed by atoms with Crippen molar-refractivity contribution >= 4 is 5.91 Å². The van der Waals surface area contributed by atoms with Crippen molar-refractivity contribution in [2.45, 2.75) is 19.8 Å². The van der Waals surface area contributed by atoms with Crippen molar-refractivity contribution in [1.29, 1.82) is 5.26 Å². The van der Waals surface area contributed by atoms with E-state index in [0.29, 0.717) is 17.8 Å². The summed E-state index contributed by atoms with van der Waals surface area (Å²) in [5.41, 5.74) is 2.79. The van der Waals surface area contributed by atoms with Crippen molar-refractivity contribution in [2.24, 2.45) is 0 Å². The van der Waals surface area contributed by atoms with Gasteiger partial charge in [-0.3, -0.25) is 4.79 Å². The number of likely N-dealkylation sites (tertiary alicyclic amines) is 1. The number of hydrogen-bond donors (Lipinski definition) is 1. The Morgan fingerprint density at radius 3 is 2.71 bits per heavy atom. The van der Waals surface area contributed by atoms with E-state index in [1.54, 1.807) is 16.8 Å². The molecule has 1 amide bonds. The minimum atomic E-state index is -0.195. The summed E-state index contributed by atoms with van der Waals surface area (Å²) < 4.78 is 1.80. The zero-order chi connectivity index (χ0) is 16.9. The summed E-state index contributed by atoms with van der Waals surface area (Å²) in [5.74, 6) is -0.195. The molecule has 5 heteroatoms. The van der Waals surface area contributed by atoms with Crippen LogP contribution in [-0.2, 0) is 0 Å². The number of para-hydroxylation sites is 1. The van der Waals surface area contributed by atoms with E-state index < -0.39 is 0 Å². The third-order valence-electron chi connectivity index (χ3n) is 4.51. The lowest BCUT2D eigenvalue weighted by atomic mass is 10.2. The maximum Gasteiger partial charge on any atom is 0.269 e. The van der Waals surface area contributed by atoms with Crippen LogP contribution >= 0.6 is 0 Å². The smallest absolute Gasteiger partial charge is 0.269 e. The fourth-order valence-electron chi connectivity index (χ4n) is 3.21. The lowest BCUT2D eigenvalue weighted by Crippen LogP contribution is -2.34. The first-order valence-corrected chi connectivity index (χ1v) is 8.38. The van der Waals surface area contributed by atoms with Crippen molar-refractivity contribution in [1.82, 2.24) is 14.8 Å². The fraction of sp³-hybridized carbons (Fsp3) is 0.368. The Balaban J connectivity index is 1.78. The van der Waals surface area contributed by atoms with Gasteiger partial charge in [-0.1, -0.05) is 18.2 Å². The van der Waals surface area contributed by atoms with Gasteiger partial charge in [0.25, 0.3) is 5.91 Å². The number of aromatic nitrogens is 1. The van der Waals surface area contributed by atoms with E-state index in [4.69, 9.17) is 0 Å². The third kappa shape index (κ3) is 3.34. The Labute approximate surface area is 142 Å². The monoisotopic (exact) mass is 322 g/mol. The first-order chi connectivity index (χ1) is 11.7. The molecule has 1 N–H and O–H groups in total. The summed E-state index contributed by atoms with van der Waals surface area (Å²) in [6, 6.07) is 11.7. The topological polar surface area (TPSA) is 61.1 Å². The van der Waals surface area contributed by atoms with Gasteiger partial charge in [0.15, 0.2) is 0 Å². The van der Waals surface area contributed by atoms with E-state index in [2.05, 4.69) is 16.3 Å². The van der Waals surface area contributed by atoms with Crippen LogP contribution in [0.5, 0.6) is 0 Å². The molecule has 124 valence electrons. The van der Waals surface area contributed by atoms with Crippen molar-refractivity contribution in [2.75, 3.05) is 26.2 Å². The highest BCUT2D eigenvalue weighted by Gasteiger charge is 2.19. The predicted octanol–water partition coefficient (Wildman–Crippen LogP) is 2.48. The number of nitrogens with zero attached hydrogens (tertiary/aromatic N) is 3. The third-order valence-corrected chi connectivity index (χ3v) is 4.51. The van der Waals surface area contributed by atoms with E-state index in [1.807, 2.05) is 31.2 Å². The number of benzene rings is 1. The Bertz CT molecular complexity index is 766. The van der Waals surface area contributed by atoms with Gasteiger partial charge >= 0.3 is 0 Å². The Morgan fingerprint density at radius 2 is 2.00 bits per heavy atom. The Morgan fingerprint density at radius 1 is 1.25 bits per heavy atom. The molecule has 2 heterocycles. The van der Waals surface area contributed by atoms with Gasteiger partial charge in [-0.05, 0) is 50.6 Å². The van der Waals surface area contributed by atoms with Gasteiger partial charge < -0.3 is 14.8 Å². The van der Waals surface area contributed by atoms with Crippen molar-refractivity contribution < 1.29 is 4.79 Å². The van der Waals surface area contributed by atoms with Gasteiger partial charge in [-0.15, -0.1) is 0 Å². The average molecular weight is 322 g/mol. The molecule has 1 aliphatic heterocycles. The number of rotatable bonds is 5. The molecule has 0 aliphatic carbocycles. The number of hydrogen-bond acceptors (Lipinski definition) is 3. The van der Waals surface area contributed by atoms with Gasteiger partial charge in [0, 0.05) is 25.0 Å².